The number of hydrogen-bond acceptors (Lipinski definition) is 3. The van der Waals surface area contributed by atoms with Crippen LogP contribution in [0.4, 0.5) is 0 Å². The number of hydrogen-bond donors (Lipinski definition) is 3. The summed E-state index contributed by atoms with van der Waals surface area (Å²) in [5.41, 5.74) is 5.62. The lowest BCUT2D eigenvalue weighted by molar-refractivity contribution is -0.137. The predicted molar refractivity (Wildman–Crippen MR) is 62.0 cm³/mol. The monoisotopic (exact) mass is 230 g/mol. The fourth-order valence-electron chi connectivity index (χ4n) is 1.36. The molecule has 0 aliphatic heterocycles. The Kier molecular flexibility index (Phi) is 8.52. The van der Waals surface area contributed by atoms with E-state index in [9.17, 15) is 9.59 Å². The Bertz CT molecular complexity index is 219. The summed E-state index contributed by atoms with van der Waals surface area (Å²) in [6.07, 6.45) is 4.07. The van der Waals surface area contributed by atoms with Gasteiger partial charge in [-0.15, -0.1) is 0 Å². The number of nitrogens with two attached hydrogens (primary N) is 1. The van der Waals surface area contributed by atoms with E-state index in [1.807, 2.05) is 6.92 Å². The van der Waals surface area contributed by atoms with Crippen LogP contribution in [0.5, 0.6) is 0 Å². The van der Waals surface area contributed by atoms with Gasteiger partial charge in [0.05, 0.1) is 6.04 Å². The maximum atomic E-state index is 11.3. The summed E-state index contributed by atoms with van der Waals surface area (Å²) >= 11 is 0. The van der Waals surface area contributed by atoms with Gasteiger partial charge in [0.2, 0.25) is 5.91 Å². The number of carbonyl (C=O) groups excluding carboxylic acids is 1. The van der Waals surface area contributed by atoms with Crippen LogP contribution >= 0.6 is 0 Å². The molecule has 16 heavy (non-hydrogen) atoms. The normalized spacial score (nSPS) is 12.1. The molecule has 0 saturated carbocycles. The number of unbranched alkanes of at least 4 members (excludes halogenated alkanes) is 2. The molecule has 0 aliphatic carbocycles. The zero-order chi connectivity index (χ0) is 12.4. The largest absolute Gasteiger partial charge is 0.481 e. The van der Waals surface area contributed by atoms with Crippen molar-refractivity contribution in [2.45, 2.75) is 51.5 Å². The zero-order valence-electron chi connectivity index (χ0n) is 9.87. The molecule has 0 spiro atoms. The van der Waals surface area contributed by atoms with Crippen molar-refractivity contribution in [3.05, 3.63) is 0 Å². The Morgan fingerprint density at radius 2 is 2.00 bits per heavy atom. The molecule has 0 aliphatic rings. The summed E-state index contributed by atoms with van der Waals surface area (Å²) < 4.78 is 0. The molecule has 1 atom stereocenters. The molecular weight excluding hydrogens is 208 g/mol. The zero-order valence-corrected chi connectivity index (χ0v) is 9.87. The first-order valence-corrected chi connectivity index (χ1v) is 5.83. The summed E-state index contributed by atoms with van der Waals surface area (Å²) in [5.74, 6) is -0.880. The maximum Gasteiger partial charge on any atom is 0.303 e. The van der Waals surface area contributed by atoms with Crippen LogP contribution in [0.25, 0.3) is 0 Å². The number of nitrogens with one attached hydrogen (secondary N) is 1. The van der Waals surface area contributed by atoms with Crippen molar-refractivity contribution < 1.29 is 14.7 Å². The fraction of sp³-hybridized carbons (Fsp3) is 0.818. The molecule has 4 N–H and O–H groups in total. The molecule has 5 heteroatoms. The van der Waals surface area contributed by atoms with Crippen LogP contribution in [0, 0.1) is 0 Å². The number of amides is 1. The van der Waals surface area contributed by atoms with Gasteiger partial charge in [-0.1, -0.05) is 19.8 Å². The van der Waals surface area contributed by atoms with Crippen LogP contribution in [0.1, 0.15) is 45.4 Å². The third-order valence-corrected chi connectivity index (χ3v) is 2.30. The molecule has 1 amide bonds. The van der Waals surface area contributed by atoms with E-state index < -0.39 is 12.0 Å². The van der Waals surface area contributed by atoms with E-state index in [-0.39, 0.29) is 12.3 Å². The van der Waals surface area contributed by atoms with E-state index in [2.05, 4.69) is 5.32 Å². The van der Waals surface area contributed by atoms with Gasteiger partial charge in [-0.05, 0) is 19.3 Å². The van der Waals surface area contributed by atoms with Crippen LogP contribution in [-0.4, -0.2) is 29.6 Å². The molecular formula is C11H22N2O3. The molecule has 0 aromatic rings. The summed E-state index contributed by atoms with van der Waals surface area (Å²) in [4.78, 5) is 21.6. The highest BCUT2D eigenvalue weighted by atomic mass is 16.4. The minimum absolute atomic E-state index is 0.111. The summed E-state index contributed by atoms with van der Waals surface area (Å²) in [6, 6.07) is -0.413. The number of carboxylic acid groups (broad SMARTS) is 1. The van der Waals surface area contributed by atoms with E-state index >= 15 is 0 Å². The van der Waals surface area contributed by atoms with Gasteiger partial charge in [0.1, 0.15) is 0 Å². The van der Waals surface area contributed by atoms with Gasteiger partial charge in [0.15, 0.2) is 0 Å². The minimum Gasteiger partial charge on any atom is -0.481 e. The van der Waals surface area contributed by atoms with Gasteiger partial charge in [0.25, 0.3) is 0 Å². The predicted octanol–water partition coefficient (Wildman–Crippen LogP) is 0.875. The molecule has 0 aromatic carbocycles. The van der Waals surface area contributed by atoms with Gasteiger partial charge in [-0.2, -0.15) is 0 Å². The molecule has 0 radical (unpaired) electrons. The first kappa shape index (κ1) is 14.9. The Morgan fingerprint density at radius 1 is 1.31 bits per heavy atom. The number of rotatable bonds is 9. The molecule has 0 heterocycles. The van der Waals surface area contributed by atoms with Crippen LogP contribution in [-0.2, 0) is 9.59 Å². The SMILES string of the molecule is CCC[C@@H](N)C(=O)NCCCCCC(=O)O. The average molecular weight is 230 g/mol. The van der Waals surface area contributed by atoms with Crippen molar-refractivity contribution in [2.75, 3.05) is 6.54 Å². The first-order chi connectivity index (χ1) is 7.57. The highest BCUT2D eigenvalue weighted by molar-refractivity contribution is 5.81. The topological polar surface area (TPSA) is 92.4 Å². The molecule has 0 rings (SSSR count). The van der Waals surface area contributed by atoms with Crippen molar-refractivity contribution in [1.82, 2.24) is 5.32 Å². The highest BCUT2D eigenvalue weighted by Gasteiger charge is 2.10. The molecule has 0 aromatic heterocycles. The third-order valence-electron chi connectivity index (χ3n) is 2.30. The Labute approximate surface area is 96.4 Å². The van der Waals surface area contributed by atoms with E-state index in [0.29, 0.717) is 19.4 Å². The highest BCUT2D eigenvalue weighted by Crippen LogP contribution is 1.99. The molecule has 0 unspecified atom stereocenters. The smallest absolute Gasteiger partial charge is 0.303 e. The minimum atomic E-state index is -0.769. The number of aliphatic carboxylic acids is 1. The van der Waals surface area contributed by atoms with Crippen molar-refractivity contribution in [2.24, 2.45) is 5.73 Å². The van der Waals surface area contributed by atoms with Crippen molar-refractivity contribution in [1.29, 1.82) is 0 Å². The van der Waals surface area contributed by atoms with E-state index in [0.717, 1.165) is 19.3 Å². The lowest BCUT2D eigenvalue weighted by Gasteiger charge is -2.10. The second-order valence-electron chi connectivity index (χ2n) is 3.89. The molecule has 0 bridgehead atoms. The average Bonchev–Trinajstić information content (AvgIpc) is 2.22. The molecule has 0 fully saturated rings. The van der Waals surface area contributed by atoms with E-state index in [1.54, 1.807) is 0 Å². The van der Waals surface area contributed by atoms with Gasteiger partial charge < -0.3 is 16.2 Å². The van der Waals surface area contributed by atoms with E-state index in [1.165, 1.54) is 0 Å². The quantitative estimate of drug-likeness (QED) is 0.512. The fourth-order valence-corrected chi connectivity index (χ4v) is 1.36. The summed E-state index contributed by atoms with van der Waals surface area (Å²) in [7, 11) is 0. The first-order valence-electron chi connectivity index (χ1n) is 5.83. The molecule has 0 saturated heterocycles. The second kappa shape index (κ2) is 9.15. The Morgan fingerprint density at radius 3 is 2.56 bits per heavy atom. The second-order valence-corrected chi connectivity index (χ2v) is 3.89. The number of carbonyl (C=O) groups is 2. The third kappa shape index (κ3) is 8.23. The lowest BCUT2D eigenvalue weighted by atomic mass is 10.1. The van der Waals surface area contributed by atoms with Crippen molar-refractivity contribution >= 4 is 11.9 Å². The van der Waals surface area contributed by atoms with E-state index in [4.69, 9.17) is 10.8 Å². The molecule has 94 valence electrons. The van der Waals surface area contributed by atoms with Crippen LogP contribution < -0.4 is 11.1 Å². The molecule has 5 nitrogen and oxygen atoms in total. The van der Waals surface area contributed by atoms with Gasteiger partial charge in [0, 0.05) is 13.0 Å². The van der Waals surface area contributed by atoms with Gasteiger partial charge >= 0.3 is 5.97 Å². The van der Waals surface area contributed by atoms with Crippen LogP contribution in [0.2, 0.25) is 0 Å². The van der Waals surface area contributed by atoms with Gasteiger partial charge in [-0.3, -0.25) is 9.59 Å². The Hall–Kier alpha value is -1.10. The summed E-state index contributed by atoms with van der Waals surface area (Å²) in [5, 5.41) is 11.1. The van der Waals surface area contributed by atoms with Crippen LogP contribution in [0.15, 0.2) is 0 Å². The number of carboxylic acids is 1. The standard InChI is InChI=1S/C11H22N2O3/c1-2-6-9(12)11(16)13-8-5-3-4-7-10(14)15/h9H,2-8,12H2,1H3,(H,13,16)(H,14,15)/t9-/m1/s1. The lowest BCUT2D eigenvalue weighted by Crippen LogP contribution is -2.40. The van der Waals surface area contributed by atoms with Crippen molar-refractivity contribution in [3.63, 3.8) is 0 Å². The van der Waals surface area contributed by atoms with Crippen LogP contribution in [0.3, 0.4) is 0 Å². The summed E-state index contributed by atoms with van der Waals surface area (Å²) in [6.45, 7) is 2.56. The Balaban J connectivity index is 3.37. The van der Waals surface area contributed by atoms with Gasteiger partial charge in [-0.25, -0.2) is 0 Å². The van der Waals surface area contributed by atoms with Crippen molar-refractivity contribution in [3.8, 4) is 0 Å². The maximum absolute atomic E-state index is 11.3.